The minimum Gasteiger partial charge on any atom is -0.366 e. The number of rotatable bonds is 6. The molecule has 0 radical (unpaired) electrons. The van der Waals surface area contributed by atoms with Gasteiger partial charge in [0.1, 0.15) is 0 Å². The van der Waals surface area contributed by atoms with Gasteiger partial charge < -0.3 is 10.3 Å². The molecule has 26 heavy (non-hydrogen) atoms. The fourth-order valence-corrected chi connectivity index (χ4v) is 4.01. The summed E-state index contributed by atoms with van der Waals surface area (Å²) in [6.07, 6.45) is 0. The summed E-state index contributed by atoms with van der Waals surface area (Å²) in [7, 11) is 0. The molecule has 5 nitrogen and oxygen atoms in total. The Labute approximate surface area is 156 Å². The summed E-state index contributed by atoms with van der Waals surface area (Å²) in [6.45, 7) is 6.87. The number of thioether (sulfide) groups is 1. The van der Waals surface area contributed by atoms with Crippen molar-refractivity contribution in [1.29, 1.82) is 0 Å². The number of fused-ring (bicyclic) bond motifs is 1. The van der Waals surface area contributed by atoms with Crippen LogP contribution in [0.2, 0.25) is 0 Å². The third-order valence-electron chi connectivity index (χ3n) is 4.50. The molecule has 134 valence electrons. The Balaban J connectivity index is 1.86. The zero-order valence-corrected chi connectivity index (χ0v) is 15.9. The number of pyridine rings is 1. The number of Topliss-reactive ketones (excluding diaryl/α,β-unsaturated/α-hetero) is 1. The molecule has 6 heteroatoms. The maximum Gasteiger partial charge on any atom is 0.249 e. The minimum atomic E-state index is -0.497. The molecule has 2 N–H and O–H groups in total. The zero-order valence-electron chi connectivity index (χ0n) is 15.1. The quantitative estimate of drug-likeness (QED) is 0.532. The predicted molar refractivity (Wildman–Crippen MR) is 105 cm³/mol. The fraction of sp³-hybridized carbons (Fsp3) is 0.250. The van der Waals surface area contributed by atoms with Crippen LogP contribution in [-0.2, 0) is 6.54 Å². The lowest BCUT2D eigenvalue weighted by Gasteiger charge is -2.07. The standard InChI is InChI=1S/C20H21N3O2S/c1-4-23-12(2)9-15(13(23)3)18(24)11-26-19-10-16(20(21)25)14-7-5-6-8-17(14)22-19/h5-10H,4,11H2,1-3H3,(H2,21,25). The Kier molecular flexibility index (Phi) is 5.13. The second-order valence-corrected chi connectivity index (χ2v) is 7.13. The number of para-hydroxylation sites is 1. The van der Waals surface area contributed by atoms with Gasteiger partial charge in [0.15, 0.2) is 5.78 Å². The van der Waals surface area contributed by atoms with Gasteiger partial charge in [0.05, 0.1) is 21.9 Å². The zero-order chi connectivity index (χ0) is 18.8. The van der Waals surface area contributed by atoms with E-state index in [-0.39, 0.29) is 11.5 Å². The van der Waals surface area contributed by atoms with Crippen LogP contribution in [0.1, 0.15) is 39.0 Å². The van der Waals surface area contributed by atoms with Crippen molar-refractivity contribution < 1.29 is 9.59 Å². The lowest BCUT2D eigenvalue weighted by Crippen LogP contribution is -2.12. The van der Waals surface area contributed by atoms with E-state index in [4.69, 9.17) is 5.73 Å². The number of nitrogens with zero attached hydrogens (tertiary/aromatic N) is 2. The van der Waals surface area contributed by atoms with Crippen LogP contribution in [0.5, 0.6) is 0 Å². The molecule has 0 bridgehead atoms. The summed E-state index contributed by atoms with van der Waals surface area (Å²) in [5.41, 5.74) is 9.44. The van der Waals surface area contributed by atoms with Crippen LogP contribution in [0.3, 0.4) is 0 Å². The van der Waals surface area contributed by atoms with Gasteiger partial charge in [-0.1, -0.05) is 30.0 Å². The van der Waals surface area contributed by atoms with E-state index in [9.17, 15) is 9.59 Å². The predicted octanol–water partition coefficient (Wildman–Crippen LogP) is 3.75. The normalized spacial score (nSPS) is 11.0. The monoisotopic (exact) mass is 367 g/mol. The number of hydrogen-bond donors (Lipinski definition) is 1. The first-order valence-electron chi connectivity index (χ1n) is 8.44. The number of carbonyl (C=O) groups is 2. The third-order valence-corrected chi connectivity index (χ3v) is 5.41. The SMILES string of the molecule is CCn1c(C)cc(C(=O)CSc2cc(C(N)=O)c3ccccc3n2)c1C. The molecule has 1 amide bonds. The van der Waals surface area contributed by atoms with Crippen LogP contribution >= 0.6 is 11.8 Å². The van der Waals surface area contributed by atoms with Crippen LogP contribution in [0, 0.1) is 13.8 Å². The van der Waals surface area contributed by atoms with Gasteiger partial charge >= 0.3 is 0 Å². The minimum absolute atomic E-state index is 0.0541. The van der Waals surface area contributed by atoms with Gasteiger partial charge in [-0.2, -0.15) is 0 Å². The first-order valence-corrected chi connectivity index (χ1v) is 9.43. The van der Waals surface area contributed by atoms with E-state index in [1.807, 2.05) is 44.2 Å². The number of hydrogen-bond acceptors (Lipinski definition) is 4. The number of amides is 1. The first-order chi connectivity index (χ1) is 12.4. The summed E-state index contributed by atoms with van der Waals surface area (Å²) in [6, 6.07) is 11.0. The molecule has 2 aromatic heterocycles. The molecule has 0 spiro atoms. The van der Waals surface area contributed by atoms with Crippen molar-refractivity contribution in [2.24, 2.45) is 5.73 Å². The molecule has 0 fully saturated rings. The van der Waals surface area contributed by atoms with Crippen molar-refractivity contribution in [3.63, 3.8) is 0 Å². The maximum atomic E-state index is 12.6. The van der Waals surface area contributed by atoms with Crippen LogP contribution in [0.15, 0.2) is 41.4 Å². The fourth-order valence-electron chi connectivity index (χ4n) is 3.22. The Hall–Kier alpha value is -2.60. The summed E-state index contributed by atoms with van der Waals surface area (Å²) in [5.74, 6) is -0.181. The lowest BCUT2D eigenvalue weighted by molar-refractivity contribution is 0.0998. The highest BCUT2D eigenvalue weighted by atomic mass is 32.2. The molecule has 0 aliphatic heterocycles. The number of carbonyl (C=O) groups excluding carboxylic acids is 2. The Bertz CT molecular complexity index is 1010. The van der Waals surface area contributed by atoms with Crippen LogP contribution < -0.4 is 5.73 Å². The van der Waals surface area contributed by atoms with Crippen molar-refractivity contribution in [2.45, 2.75) is 32.3 Å². The molecule has 0 atom stereocenters. The van der Waals surface area contributed by atoms with Gasteiger partial charge in [0.25, 0.3) is 0 Å². The smallest absolute Gasteiger partial charge is 0.249 e. The van der Waals surface area contributed by atoms with Gasteiger partial charge in [-0.25, -0.2) is 4.98 Å². The van der Waals surface area contributed by atoms with Gasteiger partial charge in [0.2, 0.25) is 5.91 Å². The van der Waals surface area contributed by atoms with Gasteiger partial charge in [0, 0.05) is 28.9 Å². The number of primary amides is 1. The molecule has 0 saturated heterocycles. The average molecular weight is 367 g/mol. The Morgan fingerprint density at radius 3 is 2.54 bits per heavy atom. The third kappa shape index (κ3) is 3.37. The summed E-state index contributed by atoms with van der Waals surface area (Å²) >= 11 is 1.32. The van der Waals surface area contributed by atoms with E-state index in [1.165, 1.54) is 11.8 Å². The molecule has 0 saturated carbocycles. The van der Waals surface area contributed by atoms with Crippen molar-refractivity contribution in [3.05, 3.63) is 58.9 Å². The van der Waals surface area contributed by atoms with Crippen molar-refractivity contribution >= 4 is 34.4 Å². The van der Waals surface area contributed by atoms with Crippen molar-refractivity contribution in [3.8, 4) is 0 Å². The van der Waals surface area contributed by atoms with Gasteiger partial charge in [-0.15, -0.1) is 0 Å². The topological polar surface area (TPSA) is 78.0 Å². The molecule has 0 aliphatic rings. The number of aryl methyl sites for hydroxylation is 1. The van der Waals surface area contributed by atoms with Crippen molar-refractivity contribution in [2.75, 3.05) is 5.75 Å². The number of benzene rings is 1. The second kappa shape index (κ2) is 7.33. The lowest BCUT2D eigenvalue weighted by atomic mass is 10.1. The van der Waals surface area contributed by atoms with Gasteiger partial charge in [-0.05, 0) is 39.0 Å². The molecule has 0 aliphatic carbocycles. The van der Waals surface area contributed by atoms with Crippen molar-refractivity contribution in [1.82, 2.24) is 9.55 Å². The number of nitrogens with two attached hydrogens (primary N) is 1. The molecule has 3 rings (SSSR count). The highest BCUT2D eigenvalue weighted by molar-refractivity contribution is 7.99. The van der Waals surface area contributed by atoms with E-state index < -0.39 is 5.91 Å². The van der Waals surface area contributed by atoms with E-state index in [0.717, 1.165) is 28.9 Å². The van der Waals surface area contributed by atoms with E-state index >= 15 is 0 Å². The Morgan fingerprint density at radius 1 is 1.15 bits per heavy atom. The maximum absolute atomic E-state index is 12.6. The molecule has 0 unspecified atom stereocenters. The average Bonchev–Trinajstić information content (AvgIpc) is 2.92. The van der Waals surface area contributed by atoms with E-state index in [1.54, 1.807) is 6.07 Å². The van der Waals surface area contributed by atoms with E-state index in [2.05, 4.69) is 16.5 Å². The number of aromatic nitrogens is 2. The molecular weight excluding hydrogens is 346 g/mol. The first kappa shape index (κ1) is 18.2. The molecular formula is C20H21N3O2S. The molecule has 2 heterocycles. The summed E-state index contributed by atoms with van der Waals surface area (Å²) in [4.78, 5) is 29.0. The Morgan fingerprint density at radius 2 is 1.88 bits per heavy atom. The van der Waals surface area contributed by atoms with E-state index in [0.29, 0.717) is 16.1 Å². The molecule has 1 aromatic carbocycles. The summed E-state index contributed by atoms with van der Waals surface area (Å²) in [5, 5.41) is 1.34. The summed E-state index contributed by atoms with van der Waals surface area (Å²) < 4.78 is 2.12. The molecule has 3 aromatic rings. The van der Waals surface area contributed by atoms with Crippen LogP contribution in [0.4, 0.5) is 0 Å². The second-order valence-electron chi connectivity index (χ2n) is 6.13. The van der Waals surface area contributed by atoms with Gasteiger partial charge in [-0.3, -0.25) is 9.59 Å². The van der Waals surface area contributed by atoms with Crippen LogP contribution in [0.25, 0.3) is 10.9 Å². The highest BCUT2D eigenvalue weighted by Crippen LogP contribution is 2.25. The largest absolute Gasteiger partial charge is 0.366 e. The highest BCUT2D eigenvalue weighted by Gasteiger charge is 2.16. The van der Waals surface area contributed by atoms with Crippen LogP contribution in [-0.4, -0.2) is 27.0 Å². The number of ketones is 1.